The molecular weight excluding hydrogens is 585 g/mol. The van der Waals surface area contributed by atoms with Crippen LogP contribution in [0.3, 0.4) is 0 Å². The predicted octanol–water partition coefficient (Wildman–Crippen LogP) is 2.75. The summed E-state index contributed by atoms with van der Waals surface area (Å²) in [5.74, 6) is -0.638. The molecule has 1 saturated heterocycles. The van der Waals surface area contributed by atoms with Crippen LogP contribution in [0.1, 0.15) is 20.1 Å². The predicted molar refractivity (Wildman–Crippen MR) is 144 cm³/mol. The number of carbonyl (C=O) groups is 1. The van der Waals surface area contributed by atoms with Gasteiger partial charge in [-0.1, -0.05) is 16.7 Å². The Balaban J connectivity index is 1.64. The molecule has 0 aliphatic carbocycles. The third-order valence-corrected chi connectivity index (χ3v) is 8.12. The Hall–Kier alpha value is -3.69. The van der Waals surface area contributed by atoms with Gasteiger partial charge in [0.2, 0.25) is 11.8 Å². The molecule has 1 aromatic carbocycles. The van der Waals surface area contributed by atoms with Crippen molar-refractivity contribution < 1.29 is 37.7 Å². The second kappa shape index (κ2) is 12.0. The summed E-state index contributed by atoms with van der Waals surface area (Å²) in [7, 11) is -1.76. The van der Waals surface area contributed by atoms with Gasteiger partial charge in [0.05, 0.1) is 33.3 Å². The Bertz CT molecular complexity index is 1520. The lowest BCUT2D eigenvalue weighted by Crippen LogP contribution is -2.43. The molecule has 0 bridgehead atoms. The van der Waals surface area contributed by atoms with E-state index in [1.807, 2.05) is 0 Å². The number of methoxy groups -OCH3 is 2. The lowest BCUT2D eigenvalue weighted by Gasteiger charge is -2.28. The summed E-state index contributed by atoms with van der Waals surface area (Å²) in [5, 5.41) is 17.9. The molecule has 2 aromatic heterocycles. The zero-order valence-electron chi connectivity index (χ0n) is 22.2. The minimum Gasteiger partial charge on any atom is -0.479 e. The number of hydrogen-bond donors (Lipinski definition) is 3. The molecule has 0 saturated carbocycles. The van der Waals surface area contributed by atoms with Gasteiger partial charge in [0.1, 0.15) is 23.4 Å². The van der Waals surface area contributed by atoms with E-state index < -0.39 is 50.3 Å². The van der Waals surface area contributed by atoms with Gasteiger partial charge in [-0.25, -0.2) is 9.55 Å². The molecule has 4 rings (SSSR count). The molecule has 1 aliphatic heterocycles. The topological polar surface area (TPSA) is 231 Å². The van der Waals surface area contributed by atoms with Crippen molar-refractivity contribution in [2.45, 2.75) is 43.9 Å². The number of aliphatic hydroxyl groups excluding tert-OH is 1. The third kappa shape index (κ3) is 6.16. The zero-order valence-corrected chi connectivity index (χ0v) is 23.9. The number of nitrogens with zero attached hydrogens (tertiary/aromatic N) is 7. The molecule has 41 heavy (non-hydrogen) atoms. The zero-order chi connectivity index (χ0) is 29.9. The Morgan fingerprint density at radius 1 is 1.39 bits per heavy atom. The number of anilines is 1. The maximum absolute atomic E-state index is 13.8. The van der Waals surface area contributed by atoms with E-state index in [4.69, 9.17) is 35.9 Å². The van der Waals surface area contributed by atoms with Crippen LogP contribution < -0.4 is 20.1 Å². The van der Waals surface area contributed by atoms with Crippen LogP contribution in [-0.2, 0) is 23.4 Å². The number of imidazole rings is 1. The number of nitrogens with one attached hydrogen (secondary N) is 1. The van der Waals surface area contributed by atoms with Crippen molar-refractivity contribution in [3.63, 3.8) is 0 Å². The maximum atomic E-state index is 13.8. The second-order valence-electron chi connectivity index (χ2n) is 9.01. The number of benzene rings is 1. The van der Waals surface area contributed by atoms with Gasteiger partial charge in [0.15, 0.2) is 17.4 Å². The number of azide groups is 1. The van der Waals surface area contributed by atoms with Gasteiger partial charge in [-0.15, -0.1) is 0 Å². The van der Waals surface area contributed by atoms with Gasteiger partial charge < -0.3 is 29.6 Å². The molecule has 0 amide bonds. The van der Waals surface area contributed by atoms with Gasteiger partial charge >= 0.3 is 13.7 Å². The van der Waals surface area contributed by atoms with Crippen molar-refractivity contribution in [2.24, 2.45) is 5.11 Å². The summed E-state index contributed by atoms with van der Waals surface area (Å²) in [4.78, 5) is 27.3. The second-order valence-corrected chi connectivity index (χ2v) is 11.1. The number of aliphatic hydroxyl groups is 1. The number of nitrogen functional groups attached to an aromatic ring is 1. The van der Waals surface area contributed by atoms with E-state index in [2.05, 4.69) is 34.8 Å². The van der Waals surface area contributed by atoms with Crippen LogP contribution in [0.4, 0.5) is 5.95 Å². The van der Waals surface area contributed by atoms with E-state index in [1.165, 1.54) is 63.2 Å². The monoisotopic (exact) mass is 611 g/mol. The number of carbonyl (C=O) groups excluding carboxylic acids is 1. The van der Waals surface area contributed by atoms with Crippen LogP contribution in [0.2, 0.25) is 5.02 Å². The maximum Gasteiger partial charge on any atom is 0.459 e. The first-order chi connectivity index (χ1) is 19.4. The van der Waals surface area contributed by atoms with E-state index in [9.17, 15) is 20.0 Å². The summed E-state index contributed by atoms with van der Waals surface area (Å²) in [6.07, 6.45) is -2.54. The molecule has 2 unspecified atom stereocenters. The molecule has 220 valence electrons. The van der Waals surface area contributed by atoms with E-state index >= 15 is 0 Å². The Kier molecular flexibility index (Phi) is 8.89. The molecule has 3 heterocycles. The van der Waals surface area contributed by atoms with Gasteiger partial charge in [-0.05, 0) is 43.6 Å². The highest BCUT2D eigenvalue weighted by Gasteiger charge is 2.55. The molecular formula is C22H27ClN9O8P. The summed E-state index contributed by atoms with van der Waals surface area (Å²) in [5.41, 5.74) is 13.9. The molecule has 6 atom stereocenters. The highest BCUT2D eigenvalue weighted by Crippen LogP contribution is 2.48. The van der Waals surface area contributed by atoms with E-state index in [0.29, 0.717) is 5.02 Å². The molecule has 3 aromatic rings. The van der Waals surface area contributed by atoms with Crippen molar-refractivity contribution in [1.82, 2.24) is 24.6 Å². The number of nitrogens with two attached hydrogens (primary N) is 1. The van der Waals surface area contributed by atoms with Crippen molar-refractivity contribution in [3.05, 3.63) is 46.1 Å². The van der Waals surface area contributed by atoms with Gasteiger partial charge in [-0.2, -0.15) is 15.1 Å². The standard InChI is InChI=1S/C22H27ClN9O8P/c1-11(19(34)37-4)29-41(35,40-13-7-5-12(23)6-8-13)38-9-14-16(33)22(2,30-31-25)20(39-14)32-10-26-15-17(32)27-21(24)28-18(15)36-3/h5-8,10-11,14,16,20,33H,9H2,1-4H3,(H,29,35)(H2,24,27,28)/t11-,14+,16?,20+,22+,41?/m0/s1. The Morgan fingerprint density at radius 2 is 2.10 bits per heavy atom. The summed E-state index contributed by atoms with van der Waals surface area (Å²) < 4.78 is 42.4. The summed E-state index contributed by atoms with van der Waals surface area (Å²) in [6.45, 7) is 2.32. The fourth-order valence-corrected chi connectivity index (χ4v) is 5.79. The van der Waals surface area contributed by atoms with Crippen molar-refractivity contribution in [2.75, 3.05) is 26.6 Å². The van der Waals surface area contributed by atoms with Gasteiger partial charge in [0.25, 0.3) is 0 Å². The quantitative estimate of drug-likeness (QED) is 0.0931. The Labute approximate surface area is 238 Å². The first-order valence-corrected chi connectivity index (χ1v) is 13.9. The minimum absolute atomic E-state index is 0.0984. The normalized spacial score (nSPS) is 24.3. The molecule has 1 fully saturated rings. The number of halogens is 1. The lowest BCUT2D eigenvalue weighted by atomic mass is 9.93. The van der Waals surface area contributed by atoms with Crippen LogP contribution in [0.15, 0.2) is 35.7 Å². The summed E-state index contributed by atoms with van der Waals surface area (Å²) >= 11 is 5.92. The molecule has 17 nitrogen and oxygen atoms in total. The number of hydrogen-bond acceptors (Lipinski definition) is 13. The number of rotatable bonds is 11. The average molecular weight is 612 g/mol. The smallest absolute Gasteiger partial charge is 0.459 e. The van der Waals surface area contributed by atoms with Gasteiger partial charge in [0, 0.05) is 9.93 Å². The first-order valence-electron chi connectivity index (χ1n) is 11.9. The van der Waals surface area contributed by atoms with Crippen LogP contribution in [0.5, 0.6) is 11.6 Å². The molecule has 19 heteroatoms. The number of esters is 1. The van der Waals surface area contributed by atoms with Gasteiger partial charge in [-0.3, -0.25) is 13.9 Å². The molecule has 4 N–H and O–H groups in total. The number of aromatic nitrogens is 4. The van der Waals surface area contributed by atoms with E-state index in [-0.39, 0.29) is 28.7 Å². The van der Waals surface area contributed by atoms with Crippen molar-refractivity contribution in [3.8, 4) is 11.6 Å². The van der Waals surface area contributed by atoms with E-state index in [0.717, 1.165) is 0 Å². The first kappa shape index (κ1) is 30.3. The highest BCUT2D eigenvalue weighted by molar-refractivity contribution is 7.52. The number of fused-ring (bicyclic) bond motifs is 1. The average Bonchev–Trinajstić information content (AvgIpc) is 3.46. The largest absolute Gasteiger partial charge is 0.479 e. The number of ether oxygens (including phenoxy) is 3. The van der Waals surface area contributed by atoms with Crippen LogP contribution in [-0.4, -0.2) is 75.2 Å². The fourth-order valence-electron chi connectivity index (χ4n) is 4.17. The highest BCUT2D eigenvalue weighted by atomic mass is 35.5. The Morgan fingerprint density at radius 3 is 2.73 bits per heavy atom. The molecule has 1 aliphatic rings. The SMILES string of the molecule is COC(=O)[C@H](C)NP(=O)(OC[C@H]1O[C@@H](n2cnc3c(OC)nc(N)nc32)[C@](C)(N=[N+]=[N-])C1O)Oc1ccc(Cl)cc1. The van der Waals surface area contributed by atoms with E-state index in [1.54, 1.807) is 0 Å². The third-order valence-electron chi connectivity index (χ3n) is 6.22. The van der Waals surface area contributed by atoms with Crippen LogP contribution in [0, 0.1) is 0 Å². The molecule has 0 radical (unpaired) electrons. The van der Waals surface area contributed by atoms with Crippen molar-refractivity contribution in [1.29, 1.82) is 0 Å². The summed E-state index contributed by atoms with van der Waals surface area (Å²) in [6, 6.07) is 4.80. The lowest BCUT2D eigenvalue weighted by molar-refractivity contribution is -0.142. The van der Waals surface area contributed by atoms with Crippen molar-refractivity contribution >= 4 is 42.4 Å². The fraction of sp³-hybridized carbons (Fsp3) is 0.455. The van der Waals surface area contributed by atoms with Crippen LogP contribution in [0.25, 0.3) is 21.6 Å². The minimum atomic E-state index is -4.31. The molecule has 0 spiro atoms. The van der Waals surface area contributed by atoms with Crippen LogP contribution >= 0.6 is 19.3 Å².